The van der Waals surface area contributed by atoms with Gasteiger partial charge in [0.1, 0.15) is 5.75 Å². The zero-order valence-corrected chi connectivity index (χ0v) is 22.0. The summed E-state index contributed by atoms with van der Waals surface area (Å²) in [6.45, 7) is 10.5. The fourth-order valence-corrected chi connectivity index (χ4v) is 5.46. The first-order valence-electron chi connectivity index (χ1n) is 11.7. The normalized spacial score (nSPS) is 12.3. The molecule has 35 heavy (non-hydrogen) atoms. The second kappa shape index (κ2) is 10.8. The highest BCUT2D eigenvalue weighted by atomic mass is 35.5. The molecule has 5 nitrogen and oxygen atoms in total. The van der Waals surface area contributed by atoms with Crippen molar-refractivity contribution in [1.29, 1.82) is 0 Å². The first kappa shape index (κ1) is 25.2. The number of hydrogen-bond donors (Lipinski definition) is 1. The molecule has 7 heteroatoms. The number of halogens is 1. The van der Waals surface area contributed by atoms with E-state index in [4.69, 9.17) is 11.6 Å². The Kier molecular flexibility index (Phi) is 7.75. The number of anilines is 2. The van der Waals surface area contributed by atoms with Gasteiger partial charge in [-0.15, -0.1) is 0 Å². The van der Waals surface area contributed by atoms with Crippen LogP contribution in [0.2, 0.25) is 5.02 Å². The van der Waals surface area contributed by atoms with Crippen LogP contribution < -0.4 is 4.31 Å². The number of nitrogens with zero attached hydrogens (tertiary/aromatic N) is 3. The number of pyridine rings is 1. The molecule has 1 heterocycles. The second-order valence-corrected chi connectivity index (χ2v) is 10.3. The summed E-state index contributed by atoms with van der Waals surface area (Å²) in [5.41, 5.74) is 4.91. The third-order valence-corrected chi connectivity index (χ3v) is 7.72. The molecular formula is C28H30ClN3O2S. The topological polar surface area (TPSA) is 56.7 Å². The Morgan fingerprint density at radius 3 is 2.34 bits per heavy atom. The lowest BCUT2D eigenvalue weighted by Crippen LogP contribution is -2.23. The Morgan fingerprint density at radius 2 is 1.66 bits per heavy atom. The van der Waals surface area contributed by atoms with Crippen molar-refractivity contribution in [2.75, 3.05) is 17.4 Å². The van der Waals surface area contributed by atoms with Gasteiger partial charge in [-0.1, -0.05) is 43.1 Å². The summed E-state index contributed by atoms with van der Waals surface area (Å²) in [5.74, 6) is 0.226. The average Bonchev–Trinajstić information content (AvgIpc) is 2.84. The molecular weight excluding hydrogens is 478 g/mol. The Labute approximate surface area is 214 Å². The number of phenols is 1. The molecule has 182 valence electrons. The van der Waals surface area contributed by atoms with Crippen molar-refractivity contribution < 1.29 is 9.32 Å². The fraction of sp³-hybridized carbons (Fsp3) is 0.250. The highest BCUT2D eigenvalue weighted by Gasteiger charge is 2.23. The van der Waals surface area contributed by atoms with E-state index in [0.29, 0.717) is 16.5 Å². The molecule has 3 aromatic carbocycles. The standard InChI is InChI=1S/C28H30ClN3O2S/c1-5-31(6-2)18-21-16-23(10-14-28(21)33)32(35(34)24-11-7-19(3)8-12-24)27-15-20(4)30-26-17-22(29)9-13-25(26)27/h7-17,33H,5-6,18H2,1-4H3. The SMILES string of the molecule is CCN(CC)Cc1cc(N(c2cc(C)nc3cc(Cl)ccc23)S(=O)c2ccc(C)cc2)ccc1O. The summed E-state index contributed by atoms with van der Waals surface area (Å²) < 4.78 is 15.9. The minimum absolute atomic E-state index is 0.226. The van der Waals surface area contributed by atoms with E-state index in [1.54, 1.807) is 6.07 Å². The van der Waals surface area contributed by atoms with E-state index >= 15 is 0 Å². The van der Waals surface area contributed by atoms with Crippen molar-refractivity contribution in [3.05, 3.63) is 88.6 Å². The van der Waals surface area contributed by atoms with Crippen LogP contribution in [0.3, 0.4) is 0 Å². The van der Waals surface area contributed by atoms with Gasteiger partial charge in [-0.25, -0.2) is 4.21 Å². The van der Waals surface area contributed by atoms with Gasteiger partial charge >= 0.3 is 0 Å². The first-order chi connectivity index (χ1) is 16.8. The molecule has 4 rings (SSSR count). The summed E-state index contributed by atoms with van der Waals surface area (Å²) in [4.78, 5) is 7.57. The van der Waals surface area contributed by atoms with Crippen molar-refractivity contribution in [2.45, 2.75) is 39.1 Å². The number of fused-ring (bicyclic) bond motifs is 1. The Hall–Kier alpha value is -2.93. The molecule has 0 bridgehead atoms. The lowest BCUT2D eigenvalue weighted by atomic mass is 10.1. The van der Waals surface area contributed by atoms with Crippen LogP contribution in [0, 0.1) is 13.8 Å². The minimum Gasteiger partial charge on any atom is -0.508 e. The number of benzene rings is 3. The van der Waals surface area contributed by atoms with Gasteiger partial charge in [0.05, 0.1) is 21.8 Å². The number of aromatic nitrogens is 1. The molecule has 0 spiro atoms. The number of aromatic hydroxyl groups is 1. The van der Waals surface area contributed by atoms with Crippen LogP contribution in [0.1, 0.15) is 30.7 Å². The predicted molar refractivity (Wildman–Crippen MR) is 146 cm³/mol. The van der Waals surface area contributed by atoms with E-state index in [9.17, 15) is 9.32 Å². The van der Waals surface area contributed by atoms with E-state index in [1.165, 1.54) is 0 Å². The highest BCUT2D eigenvalue weighted by Crippen LogP contribution is 2.38. The van der Waals surface area contributed by atoms with Gasteiger partial charge in [0.25, 0.3) is 0 Å². The molecule has 0 amide bonds. The Morgan fingerprint density at radius 1 is 0.943 bits per heavy atom. The van der Waals surface area contributed by atoms with Crippen molar-refractivity contribution in [1.82, 2.24) is 9.88 Å². The maximum absolute atomic E-state index is 14.1. The van der Waals surface area contributed by atoms with Gasteiger partial charge in [0.2, 0.25) is 0 Å². The molecule has 0 aliphatic carbocycles. The van der Waals surface area contributed by atoms with Crippen LogP contribution in [0.5, 0.6) is 5.75 Å². The van der Waals surface area contributed by atoms with Gasteiger partial charge in [-0.2, -0.15) is 0 Å². The largest absolute Gasteiger partial charge is 0.508 e. The Balaban J connectivity index is 1.93. The van der Waals surface area contributed by atoms with Gasteiger partial charge in [0.15, 0.2) is 11.0 Å². The quantitative estimate of drug-likeness (QED) is 0.281. The summed E-state index contributed by atoms with van der Waals surface area (Å²) >= 11 is 6.26. The van der Waals surface area contributed by atoms with Crippen LogP contribution >= 0.6 is 11.6 Å². The van der Waals surface area contributed by atoms with Gasteiger partial charge in [-0.3, -0.25) is 14.2 Å². The molecule has 1 atom stereocenters. The molecule has 0 radical (unpaired) electrons. The number of phenolic OH excluding ortho intramolecular Hbond substituents is 1. The van der Waals surface area contributed by atoms with Crippen molar-refractivity contribution in [2.24, 2.45) is 0 Å². The molecule has 0 aliphatic heterocycles. The maximum Gasteiger partial charge on any atom is 0.157 e. The molecule has 0 fully saturated rings. The van der Waals surface area contributed by atoms with Crippen LogP contribution in [-0.2, 0) is 17.5 Å². The fourth-order valence-electron chi connectivity index (χ4n) is 4.08. The molecule has 0 saturated heterocycles. The van der Waals surface area contributed by atoms with Gasteiger partial charge in [0, 0.05) is 28.2 Å². The van der Waals surface area contributed by atoms with Gasteiger partial charge in [-0.05, 0) is 81.5 Å². The third kappa shape index (κ3) is 5.50. The van der Waals surface area contributed by atoms with Crippen LogP contribution in [0.25, 0.3) is 10.9 Å². The second-order valence-electron chi connectivity index (χ2n) is 8.58. The average molecular weight is 508 g/mol. The maximum atomic E-state index is 14.1. The van der Waals surface area contributed by atoms with Gasteiger partial charge < -0.3 is 5.11 Å². The van der Waals surface area contributed by atoms with E-state index in [-0.39, 0.29) is 5.75 Å². The van der Waals surface area contributed by atoms with Crippen molar-refractivity contribution >= 4 is 44.9 Å². The van der Waals surface area contributed by atoms with E-state index in [0.717, 1.165) is 52.2 Å². The number of rotatable bonds is 8. The van der Waals surface area contributed by atoms with E-state index in [1.807, 2.05) is 78.8 Å². The molecule has 0 saturated carbocycles. The number of aryl methyl sites for hydroxylation is 2. The summed E-state index contributed by atoms with van der Waals surface area (Å²) in [6.07, 6.45) is 0. The van der Waals surface area contributed by atoms with Crippen LogP contribution in [-0.4, -0.2) is 32.3 Å². The summed E-state index contributed by atoms with van der Waals surface area (Å²) in [6, 6.07) is 20.6. The first-order valence-corrected chi connectivity index (χ1v) is 13.2. The summed E-state index contributed by atoms with van der Waals surface area (Å²) in [5, 5.41) is 12.1. The monoisotopic (exact) mass is 507 g/mol. The van der Waals surface area contributed by atoms with Crippen LogP contribution in [0.4, 0.5) is 11.4 Å². The molecule has 0 aliphatic rings. The minimum atomic E-state index is -1.55. The van der Waals surface area contributed by atoms with E-state index < -0.39 is 11.0 Å². The molecule has 4 aromatic rings. The molecule has 1 N–H and O–H groups in total. The summed E-state index contributed by atoms with van der Waals surface area (Å²) in [7, 11) is -1.55. The predicted octanol–water partition coefficient (Wildman–Crippen LogP) is 6.91. The van der Waals surface area contributed by atoms with Crippen molar-refractivity contribution in [3.63, 3.8) is 0 Å². The van der Waals surface area contributed by atoms with Crippen LogP contribution in [0.15, 0.2) is 71.6 Å². The number of hydrogen-bond acceptors (Lipinski definition) is 4. The highest BCUT2D eigenvalue weighted by molar-refractivity contribution is 7.87. The zero-order valence-electron chi connectivity index (χ0n) is 20.5. The molecule has 1 aromatic heterocycles. The molecule has 1 unspecified atom stereocenters. The lowest BCUT2D eigenvalue weighted by Gasteiger charge is -2.27. The lowest BCUT2D eigenvalue weighted by molar-refractivity contribution is 0.291. The third-order valence-electron chi connectivity index (χ3n) is 6.07. The Bertz CT molecular complexity index is 1370. The smallest absolute Gasteiger partial charge is 0.157 e. The van der Waals surface area contributed by atoms with E-state index in [2.05, 4.69) is 23.7 Å². The zero-order chi connectivity index (χ0) is 25.1. The van der Waals surface area contributed by atoms with Crippen molar-refractivity contribution in [3.8, 4) is 5.75 Å².